The van der Waals surface area contributed by atoms with E-state index in [2.05, 4.69) is 20.2 Å². The fourth-order valence-corrected chi connectivity index (χ4v) is 4.10. The molecule has 2 aliphatic rings. The number of hydrogen-bond acceptors (Lipinski definition) is 8. The number of anilines is 2. The van der Waals surface area contributed by atoms with Crippen molar-refractivity contribution in [1.82, 2.24) is 15.3 Å². The number of carboxylic acid groups (broad SMARTS) is 1. The molecule has 1 unspecified atom stereocenters. The number of furan rings is 1. The Hall–Kier alpha value is -3.14. The van der Waals surface area contributed by atoms with Gasteiger partial charge in [0.2, 0.25) is 0 Å². The molecule has 31 heavy (non-hydrogen) atoms. The standard InChI is InChI=1S/C20H27N5O3.CH2O2/c1-24(2)17-18(22-10-9-21-17)25-11-7-20(8-12-25)6-5-15(28-20)14-23-19(26)16-4-3-13-27-16;2-1-3/h3-4,9-10,13,15H,5-8,11-12,14H2,1-2H3,(H,23,26);1H,(H,2,3). The van der Waals surface area contributed by atoms with Crippen molar-refractivity contribution < 1.29 is 23.8 Å². The number of carbonyl (C=O) groups excluding carboxylic acids is 1. The maximum absolute atomic E-state index is 12.0. The van der Waals surface area contributed by atoms with Crippen LogP contribution in [0.15, 0.2) is 35.2 Å². The lowest BCUT2D eigenvalue weighted by Crippen LogP contribution is -2.46. The van der Waals surface area contributed by atoms with Crippen LogP contribution in [0.5, 0.6) is 0 Å². The third-order valence-corrected chi connectivity index (χ3v) is 5.63. The molecule has 2 N–H and O–H groups in total. The number of ether oxygens (including phenoxy) is 1. The summed E-state index contributed by atoms with van der Waals surface area (Å²) in [5, 5.41) is 9.80. The second-order valence-corrected chi connectivity index (χ2v) is 7.84. The van der Waals surface area contributed by atoms with Crippen LogP contribution in [0.4, 0.5) is 11.6 Å². The van der Waals surface area contributed by atoms with Gasteiger partial charge in [-0.25, -0.2) is 9.97 Å². The molecule has 0 aromatic carbocycles. The third kappa shape index (κ3) is 5.52. The van der Waals surface area contributed by atoms with Crippen LogP contribution in [-0.4, -0.2) is 72.9 Å². The van der Waals surface area contributed by atoms with Crippen LogP contribution < -0.4 is 15.1 Å². The Balaban J connectivity index is 0.000000858. The minimum Gasteiger partial charge on any atom is -0.483 e. The smallest absolute Gasteiger partial charge is 0.290 e. The van der Waals surface area contributed by atoms with E-state index in [1.165, 1.54) is 6.26 Å². The zero-order chi connectivity index (χ0) is 22.3. The van der Waals surface area contributed by atoms with Crippen LogP contribution in [-0.2, 0) is 9.53 Å². The van der Waals surface area contributed by atoms with E-state index in [0.717, 1.165) is 50.4 Å². The number of carbonyl (C=O) groups is 2. The van der Waals surface area contributed by atoms with Crippen molar-refractivity contribution in [2.75, 3.05) is 43.5 Å². The lowest BCUT2D eigenvalue weighted by atomic mass is 9.88. The van der Waals surface area contributed by atoms with Gasteiger partial charge in [0.1, 0.15) is 0 Å². The van der Waals surface area contributed by atoms with Gasteiger partial charge in [-0.05, 0) is 37.8 Å². The third-order valence-electron chi connectivity index (χ3n) is 5.63. The summed E-state index contributed by atoms with van der Waals surface area (Å²) in [5.74, 6) is 1.97. The van der Waals surface area contributed by atoms with Crippen LogP contribution >= 0.6 is 0 Å². The molecule has 1 amide bonds. The molecule has 2 fully saturated rings. The van der Waals surface area contributed by atoms with E-state index >= 15 is 0 Å². The lowest BCUT2D eigenvalue weighted by Gasteiger charge is -2.40. The second kappa shape index (κ2) is 10.3. The molecule has 1 atom stereocenters. The van der Waals surface area contributed by atoms with Crippen molar-refractivity contribution in [3.8, 4) is 0 Å². The molecule has 0 saturated carbocycles. The molecule has 0 bridgehead atoms. The van der Waals surface area contributed by atoms with Crippen molar-refractivity contribution in [3.05, 3.63) is 36.5 Å². The normalized spacial score (nSPS) is 19.4. The minimum absolute atomic E-state index is 0.0549. The molecular formula is C21H29N5O5. The number of aromatic nitrogens is 2. The molecule has 2 aromatic rings. The summed E-state index contributed by atoms with van der Waals surface area (Å²) in [4.78, 5) is 33.7. The number of piperidine rings is 1. The molecule has 4 rings (SSSR count). The molecule has 2 aliphatic heterocycles. The molecular weight excluding hydrogens is 402 g/mol. The quantitative estimate of drug-likeness (QED) is 0.682. The highest BCUT2D eigenvalue weighted by molar-refractivity contribution is 5.91. The molecule has 2 saturated heterocycles. The zero-order valence-corrected chi connectivity index (χ0v) is 17.9. The Kier molecular flexibility index (Phi) is 7.45. The Morgan fingerprint density at radius 3 is 2.68 bits per heavy atom. The fraction of sp³-hybridized carbons (Fsp3) is 0.524. The number of hydrogen-bond donors (Lipinski definition) is 2. The van der Waals surface area contributed by atoms with Crippen LogP contribution in [0.2, 0.25) is 0 Å². The molecule has 0 aliphatic carbocycles. The van der Waals surface area contributed by atoms with Crippen molar-refractivity contribution in [1.29, 1.82) is 0 Å². The summed E-state index contributed by atoms with van der Waals surface area (Å²) in [6, 6.07) is 3.37. The van der Waals surface area contributed by atoms with Crippen molar-refractivity contribution in [2.24, 2.45) is 0 Å². The topological polar surface area (TPSA) is 121 Å². The van der Waals surface area contributed by atoms with Gasteiger partial charge in [-0.15, -0.1) is 0 Å². The van der Waals surface area contributed by atoms with Crippen molar-refractivity contribution in [2.45, 2.75) is 37.4 Å². The summed E-state index contributed by atoms with van der Waals surface area (Å²) < 4.78 is 11.5. The Bertz CT molecular complexity index is 850. The van der Waals surface area contributed by atoms with Crippen LogP contribution in [0.1, 0.15) is 36.2 Å². The van der Waals surface area contributed by atoms with Gasteiger partial charge in [-0.2, -0.15) is 0 Å². The lowest BCUT2D eigenvalue weighted by molar-refractivity contribution is -0.122. The monoisotopic (exact) mass is 431 g/mol. The van der Waals surface area contributed by atoms with Crippen molar-refractivity contribution >= 4 is 24.0 Å². The van der Waals surface area contributed by atoms with Gasteiger partial charge in [0.05, 0.1) is 18.0 Å². The van der Waals surface area contributed by atoms with Gasteiger partial charge in [-0.1, -0.05) is 0 Å². The summed E-state index contributed by atoms with van der Waals surface area (Å²) in [5.41, 5.74) is -0.0862. The first-order chi connectivity index (χ1) is 15.0. The van der Waals surface area contributed by atoms with E-state index in [4.69, 9.17) is 19.1 Å². The summed E-state index contributed by atoms with van der Waals surface area (Å²) in [6.45, 7) is 2.05. The van der Waals surface area contributed by atoms with Gasteiger partial charge >= 0.3 is 0 Å². The Morgan fingerprint density at radius 1 is 1.32 bits per heavy atom. The van der Waals surface area contributed by atoms with E-state index in [9.17, 15) is 4.79 Å². The average Bonchev–Trinajstić information content (AvgIpc) is 3.44. The van der Waals surface area contributed by atoms with Crippen LogP contribution in [0.25, 0.3) is 0 Å². The highest BCUT2D eigenvalue weighted by Gasteiger charge is 2.43. The Labute approximate surface area is 181 Å². The first-order valence-electron chi connectivity index (χ1n) is 10.3. The highest BCUT2D eigenvalue weighted by Crippen LogP contribution is 2.40. The van der Waals surface area contributed by atoms with Gasteiger partial charge in [0.25, 0.3) is 12.4 Å². The predicted octanol–water partition coefficient (Wildman–Crippen LogP) is 1.78. The molecule has 4 heterocycles. The first-order valence-corrected chi connectivity index (χ1v) is 10.3. The molecule has 1 spiro atoms. The predicted molar refractivity (Wildman–Crippen MR) is 114 cm³/mol. The highest BCUT2D eigenvalue weighted by atomic mass is 16.5. The molecule has 0 radical (unpaired) electrons. The first kappa shape index (κ1) is 22.5. The van der Waals surface area contributed by atoms with E-state index in [-0.39, 0.29) is 24.1 Å². The largest absolute Gasteiger partial charge is 0.483 e. The van der Waals surface area contributed by atoms with E-state index in [1.54, 1.807) is 24.5 Å². The maximum Gasteiger partial charge on any atom is 0.290 e. The van der Waals surface area contributed by atoms with Crippen LogP contribution in [0, 0.1) is 0 Å². The summed E-state index contributed by atoms with van der Waals surface area (Å²) >= 11 is 0. The molecule has 2 aromatic heterocycles. The SMILES string of the molecule is CN(C)c1nccnc1N1CCC2(CCC(CNC(=O)c3ccco3)O2)CC1.O=CO. The van der Waals surface area contributed by atoms with Gasteiger partial charge in [0, 0.05) is 46.1 Å². The van der Waals surface area contributed by atoms with Crippen molar-refractivity contribution in [3.63, 3.8) is 0 Å². The summed E-state index contributed by atoms with van der Waals surface area (Å²) in [7, 11) is 3.97. The van der Waals surface area contributed by atoms with E-state index < -0.39 is 0 Å². The van der Waals surface area contributed by atoms with E-state index in [1.807, 2.05) is 19.0 Å². The van der Waals surface area contributed by atoms with Crippen LogP contribution in [0.3, 0.4) is 0 Å². The number of nitrogens with zero attached hydrogens (tertiary/aromatic N) is 4. The minimum atomic E-state index is -0.250. The number of rotatable bonds is 5. The zero-order valence-electron chi connectivity index (χ0n) is 17.9. The maximum atomic E-state index is 12.0. The van der Waals surface area contributed by atoms with Gasteiger partial charge in [0.15, 0.2) is 17.4 Å². The number of nitrogens with one attached hydrogen (secondary N) is 1. The Morgan fingerprint density at radius 2 is 2.03 bits per heavy atom. The molecule has 168 valence electrons. The van der Waals surface area contributed by atoms with Gasteiger partial charge in [-0.3, -0.25) is 9.59 Å². The van der Waals surface area contributed by atoms with Gasteiger partial charge < -0.3 is 29.4 Å². The average molecular weight is 431 g/mol. The van der Waals surface area contributed by atoms with E-state index in [0.29, 0.717) is 12.3 Å². The number of amides is 1. The second-order valence-electron chi connectivity index (χ2n) is 7.84. The summed E-state index contributed by atoms with van der Waals surface area (Å²) in [6.07, 6.45) is 8.94. The molecule has 10 nitrogen and oxygen atoms in total. The molecule has 10 heteroatoms. The fourth-order valence-electron chi connectivity index (χ4n) is 4.10.